The van der Waals surface area contributed by atoms with Crippen LogP contribution in [0.3, 0.4) is 0 Å². The van der Waals surface area contributed by atoms with Crippen LogP contribution in [-0.4, -0.2) is 47.2 Å². The lowest BCUT2D eigenvalue weighted by Crippen LogP contribution is -2.53. The summed E-state index contributed by atoms with van der Waals surface area (Å²) >= 11 is 0. The number of rotatable bonds is 8. The Labute approximate surface area is 187 Å². The van der Waals surface area contributed by atoms with E-state index in [1.165, 1.54) is 0 Å². The summed E-state index contributed by atoms with van der Waals surface area (Å²) in [5, 5.41) is 9.76. The van der Waals surface area contributed by atoms with Crippen LogP contribution in [0, 0.1) is 5.92 Å². The Bertz CT molecular complexity index is 615. The Morgan fingerprint density at radius 3 is 1.97 bits per heavy atom. The average molecular weight is 459 g/mol. The van der Waals surface area contributed by atoms with Gasteiger partial charge in [-0.05, 0) is 66.7 Å². The highest BCUT2D eigenvalue weighted by atomic mass is 28.4. The summed E-state index contributed by atoms with van der Waals surface area (Å²) in [6.07, 6.45) is 3.54. The normalized spacial score (nSPS) is 25.8. The molecule has 0 radical (unpaired) electrons. The van der Waals surface area contributed by atoms with Gasteiger partial charge in [-0.2, -0.15) is 0 Å². The summed E-state index contributed by atoms with van der Waals surface area (Å²) in [7, 11) is -4.11. The molecule has 1 rings (SSSR count). The number of aliphatic hydroxyl groups excluding tert-OH is 1. The highest BCUT2D eigenvalue weighted by Crippen LogP contribution is 2.47. The third kappa shape index (κ3) is 6.61. The van der Waals surface area contributed by atoms with E-state index in [4.69, 9.17) is 8.85 Å². The molecule has 1 fully saturated rings. The third-order valence-electron chi connectivity index (χ3n) is 7.53. The minimum absolute atomic E-state index is 0.0247. The molecule has 0 aliphatic heterocycles. The molecular formula is C24H47FO3Si2. The van der Waals surface area contributed by atoms with Crippen LogP contribution in [0.1, 0.15) is 60.8 Å². The summed E-state index contributed by atoms with van der Waals surface area (Å²) in [4.78, 5) is 0. The molecule has 0 aromatic rings. The number of aliphatic hydroxyl groups is 1. The smallest absolute Gasteiger partial charge is 0.192 e. The van der Waals surface area contributed by atoms with Gasteiger partial charge < -0.3 is 14.0 Å². The van der Waals surface area contributed by atoms with Gasteiger partial charge in [-0.1, -0.05) is 54.2 Å². The van der Waals surface area contributed by atoms with Gasteiger partial charge in [-0.25, -0.2) is 0 Å². The number of hydrogen-bond acceptors (Lipinski definition) is 3. The summed E-state index contributed by atoms with van der Waals surface area (Å²) in [6, 6.07) is 0. The van der Waals surface area contributed by atoms with Crippen molar-refractivity contribution in [1.82, 2.24) is 0 Å². The summed E-state index contributed by atoms with van der Waals surface area (Å²) in [6.45, 7) is 26.5. The fourth-order valence-corrected chi connectivity index (χ4v) is 6.12. The van der Waals surface area contributed by atoms with Gasteiger partial charge in [-0.3, -0.25) is 4.39 Å². The Hall–Kier alpha value is -0.276. The van der Waals surface area contributed by atoms with E-state index in [0.717, 1.165) is 17.6 Å². The Morgan fingerprint density at radius 2 is 1.53 bits per heavy atom. The van der Waals surface area contributed by atoms with Crippen LogP contribution in [0.15, 0.2) is 23.8 Å². The average Bonchev–Trinajstić information content (AvgIpc) is 2.56. The maximum absolute atomic E-state index is 13.2. The highest BCUT2D eigenvalue weighted by Gasteiger charge is 2.48. The van der Waals surface area contributed by atoms with Crippen molar-refractivity contribution in [3.05, 3.63) is 23.8 Å². The van der Waals surface area contributed by atoms with Crippen LogP contribution < -0.4 is 0 Å². The zero-order chi connectivity index (χ0) is 23.5. The van der Waals surface area contributed by atoms with Crippen molar-refractivity contribution in [2.24, 2.45) is 5.92 Å². The van der Waals surface area contributed by atoms with Crippen molar-refractivity contribution in [2.75, 3.05) is 13.3 Å². The second kappa shape index (κ2) is 10.1. The fourth-order valence-electron chi connectivity index (χ4n) is 3.45. The Balaban J connectivity index is 3.41. The Kier molecular flexibility index (Phi) is 9.36. The molecule has 0 saturated heterocycles. The van der Waals surface area contributed by atoms with Gasteiger partial charge in [0, 0.05) is 5.92 Å². The number of hydrogen-bond donors (Lipinski definition) is 1. The molecule has 0 unspecified atom stereocenters. The molecule has 176 valence electrons. The standard InChI is InChI=1S/C24H47FO3Si2/c1-18-19(14-16-26)17-21(27-29(8,9)23(2,3)4)20(13-12-15-25)22(18)28-30(10,11)24(5,6)7/h14,20-22,26H,1,12-13,15-17H2,2-11H3/b19-14-/t20-,21-,22+/m1/s1. The quantitative estimate of drug-likeness (QED) is 0.397. The van der Waals surface area contributed by atoms with Crippen molar-refractivity contribution in [3.8, 4) is 0 Å². The maximum atomic E-state index is 13.2. The molecule has 6 heteroatoms. The van der Waals surface area contributed by atoms with Crippen molar-refractivity contribution in [1.29, 1.82) is 0 Å². The van der Waals surface area contributed by atoms with Gasteiger partial charge in [0.05, 0.1) is 25.5 Å². The maximum Gasteiger partial charge on any atom is 0.192 e. The first kappa shape index (κ1) is 27.8. The molecule has 30 heavy (non-hydrogen) atoms. The van der Waals surface area contributed by atoms with Crippen molar-refractivity contribution in [3.63, 3.8) is 0 Å². The molecule has 3 nitrogen and oxygen atoms in total. The second-order valence-corrected chi connectivity index (χ2v) is 21.4. The van der Waals surface area contributed by atoms with Crippen LogP contribution in [0.4, 0.5) is 4.39 Å². The van der Waals surface area contributed by atoms with E-state index in [0.29, 0.717) is 12.8 Å². The highest BCUT2D eigenvalue weighted by molar-refractivity contribution is 6.74. The lowest BCUT2D eigenvalue weighted by atomic mass is 9.76. The first-order valence-corrected chi connectivity index (χ1v) is 17.2. The molecular weight excluding hydrogens is 411 g/mol. The molecule has 1 N–H and O–H groups in total. The van der Waals surface area contributed by atoms with Crippen molar-refractivity contribution >= 4 is 16.6 Å². The van der Waals surface area contributed by atoms with Crippen LogP contribution >= 0.6 is 0 Å². The zero-order valence-corrected chi connectivity index (χ0v) is 23.2. The largest absolute Gasteiger partial charge is 0.413 e. The first-order chi connectivity index (χ1) is 13.5. The topological polar surface area (TPSA) is 38.7 Å². The van der Waals surface area contributed by atoms with Gasteiger partial charge >= 0.3 is 0 Å². The lowest BCUT2D eigenvalue weighted by Gasteiger charge is -2.49. The van der Waals surface area contributed by atoms with Gasteiger partial charge in [0.15, 0.2) is 16.6 Å². The zero-order valence-electron chi connectivity index (χ0n) is 21.2. The molecule has 0 spiro atoms. The lowest BCUT2D eigenvalue weighted by molar-refractivity contribution is 0.0245. The third-order valence-corrected chi connectivity index (χ3v) is 16.5. The molecule has 0 aromatic carbocycles. The minimum atomic E-state index is -2.08. The van der Waals surface area contributed by atoms with E-state index in [1.807, 2.05) is 6.08 Å². The minimum Gasteiger partial charge on any atom is -0.413 e. The van der Waals surface area contributed by atoms with Crippen LogP contribution in [0.5, 0.6) is 0 Å². The van der Waals surface area contributed by atoms with Crippen molar-refractivity contribution < 1.29 is 18.3 Å². The summed E-state index contributed by atoms with van der Waals surface area (Å²) in [5.41, 5.74) is 1.97. The molecule has 0 aromatic heterocycles. The van der Waals surface area contributed by atoms with Crippen LogP contribution in [0.25, 0.3) is 0 Å². The van der Waals surface area contributed by atoms with Gasteiger partial charge in [0.25, 0.3) is 0 Å². The van der Waals surface area contributed by atoms with Gasteiger partial charge in [0.2, 0.25) is 0 Å². The van der Waals surface area contributed by atoms with Gasteiger partial charge in [0.1, 0.15) is 0 Å². The number of halogens is 1. The first-order valence-electron chi connectivity index (χ1n) is 11.4. The summed E-state index contributed by atoms with van der Waals surface area (Å²) in [5.74, 6) is 0.0762. The monoisotopic (exact) mass is 458 g/mol. The second-order valence-electron chi connectivity index (χ2n) is 11.9. The molecule has 0 amide bonds. The van der Waals surface area contributed by atoms with Gasteiger partial charge in [-0.15, -0.1) is 0 Å². The van der Waals surface area contributed by atoms with E-state index < -0.39 is 16.6 Å². The molecule has 0 bridgehead atoms. The summed E-state index contributed by atoms with van der Waals surface area (Å²) < 4.78 is 27.0. The van der Waals surface area contributed by atoms with E-state index in [-0.39, 0.29) is 41.5 Å². The number of alkyl halides is 1. The molecule has 1 aliphatic rings. The fraction of sp³-hybridized carbons (Fsp3) is 0.833. The Morgan fingerprint density at radius 1 is 1.03 bits per heavy atom. The van der Waals surface area contributed by atoms with Crippen LogP contribution in [-0.2, 0) is 8.85 Å². The predicted octanol–water partition coefficient (Wildman–Crippen LogP) is 7.01. The van der Waals surface area contributed by atoms with Crippen LogP contribution in [0.2, 0.25) is 36.3 Å². The molecule has 0 heterocycles. The predicted molar refractivity (Wildman–Crippen MR) is 132 cm³/mol. The molecule has 1 saturated carbocycles. The molecule has 3 atom stereocenters. The van der Waals surface area contributed by atoms with E-state index in [1.54, 1.807) is 0 Å². The van der Waals surface area contributed by atoms with E-state index in [2.05, 4.69) is 74.3 Å². The molecule has 1 aliphatic carbocycles. The SMILES string of the molecule is C=C1/C(=C\CO)C[C@@H](O[Si](C)(C)C(C)(C)C)[C@@H](CCCF)[C@H]1O[Si](C)(C)C(C)(C)C. The van der Waals surface area contributed by atoms with E-state index in [9.17, 15) is 9.50 Å². The van der Waals surface area contributed by atoms with Crippen molar-refractivity contribution in [2.45, 2.75) is 109 Å². The van der Waals surface area contributed by atoms with E-state index >= 15 is 0 Å².